The van der Waals surface area contributed by atoms with E-state index in [1.165, 1.54) is 55.5 Å². The Labute approximate surface area is 178 Å². The normalized spacial score (nSPS) is 16.9. The molecule has 0 aliphatic carbocycles. The van der Waals surface area contributed by atoms with Gasteiger partial charge in [-0.05, 0) is 68.3 Å². The van der Waals surface area contributed by atoms with Gasteiger partial charge in [-0.15, -0.1) is 0 Å². The second-order valence-electron chi connectivity index (χ2n) is 7.29. The summed E-state index contributed by atoms with van der Waals surface area (Å²) in [4.78, 5) is 38.8. The third-order valence-electron chi connectivity index (χ3n) is 4.98. The topological polar surface area (TPSA) is 87.7 Å². The fourth-order valence-electron chi connectivity index (χ4n) is 3.25. The van der Waals surface area contributed by atoms with Gasteiger partial charge >= 0.3 is 0 Å². The lowest BCUT2D eigenvalue weighted by Crippen LogP contribution is -2.52. The fraction of sp³-hybridized carbons (Fsp3) is 0.318. The lowest BCUT2D eigenvalue weighted by atomic mass is 9.96. The first-order chi connectivity index (χ1) is 14.8. The zero-order valence-corrected chi connectivity index (χ0v) is 16.9. The van der Waals surface area contributed by atoms with Crippen molar-refractivity contribution in [2.75, 3.05) is 13.1 Å². The average molecular weight is 431 g/mol. The first kappa shape index (κ1) is 22.2. The number of rotatable bonds is 5. The predicted octanol–water partition coefficient (Wildman–Crippen LogP) is 2.43. The maximum absolute atomic E-state index is 13.1. The number of carbonyl (C=O) groups excluding carboxylic acids is 3. The maximum Gasteiger partial charge on any atom is 0.279 e. The molecule has 1 heterocycles. The van der Waals surface area contributed by atoms with E-state index in [9.17, 15) is 23.2 Å². The van der Waals surface area contributed by atoms with Gasteiger partial charge in [0.05, 0.1) is 5.92 Å². The van der Waals surface area contributed by atoms with Crippen LogP contribution in [0.3, 0.4) is 0 Å². The largest absolute Gasteiger partial charge is 0.481 e. The molecule has 1 fully saturated rings. The third-order valence-corrected chi connectivity index (χ3v) is 4.98. The quantitative estimate of drug-likeness (QED) is 0.712. The van der Waals surface area contributed by atoms with E-state index in [1.807, 2.05) is 0 Å². The third kappa shape index (κ3) is 6.00. The molecule has 31 heavy (non-hydrogen) atoms. The van der Waals surface area contributed by atoms with Crippen LogP contribution >= 0.6 is 0 Å². The first-order valence-electron chi connectivity index (χ1n) is 9.90. The van der Waals surface area contributed by atoms with Gasteiger partial charge in [0.15, 0.2) is 6.10 Å². The van der Waals surface area contributed by atoms with Crippen LogP contribution in [-0.2, 0) is 9.59 Å². The van der Waals surface area contributed by atoms with Gasteiger partial charge in [-0.3, -0.25) is 25.2 Å². The highest BCUT2D eigenvalue weighted by Crippen LogP contribution is 2.19. The molecule has 9 heteroatoms. The number of hydrogen-bond acceptors (Lipinski definition) is 4. The summed E-state index contributed by atoms with van der Waals surface area (Å²) in [6.07, 6.45) is 0.272. The summed E-state index contributed by atoms with van der Waals surface area (Å²) in [6.45, 7) is 2.18. The van der Waals surface area contributed by atoms with E-state index in [2.05, 4.69) is 10.9 Å². The van der Waals surface area contributed by atoms with E-state index < -0.39 is 35.5 Å². The summed E-state index contributed by atoms with van der Waals surface area (Å²) in [6, 6.07) is 10.5. The van der Waals surface area contributed by atoms with Crippen LogP contribution < -0.4 is 15.6 Å². The van der Waals surface area contributed by atoms with E-state index in [0.29, 0.717) is 30.7 Å². The fourth-order valence-corrected chi connectivity index (χ4v) is 3.25. The molecule has 0 saturated carbocycles. The number of hydrazine groups is 1. The van der Waals surface area contributed by atoms with Crippen molar-refractivity contribution in [1.29, 1.82) is 0 Å². The van der Waals surface area contributed by atoms with Crippen molar-refractivity contribution in [2.24, 2.45) is 5.92 Å². The molecule has 2 aromatic rings. The van der Waals surface area contributed by atoms with Crippen molar-refractivity contribution in [2.45, 2.75) is 25.9 Å². The van der Waals surface area contributed by atoms with Gasteiger partial charge in [-0.25, -0.2) is 8.78 Å². The first-order valence-corrected chi connectivity index (χ1v) is 9.90. The van der Waals surface area contributed by atoms with E-state index in [-0.39, 0.29) is 12.5 Å². The molecule has 2 unspecified atom stereocenters. The zero-order chi connectivity index (χ0) is 22.4. The number of halogens is 2. The van der Waals surface area contributed by atoms with Crippen molar-refractivity contribution >= 4 is 17.7 Å². The van der Waals surface area contributed by atoms with E-state index in [4.69, 9.17) is 4.74 Å². The number of carbonyl (C=O) groups is 3. The lowest BCUT2D eigenvalue weighted by Gasteiger charge is -2.32. The molecule has 2 N–H and O–H groups in total. The average Bonchev–Trinajstić information content (AvgIpc) is 2.78. The summed E-state index contributed by atoms with van der Waals surface area (Å²) < 4.78 is 31.4. The van der Waals surface area contributed by atoms with Crippen molar-refractivity contribution in [3.63, 3.8) is 0 Å². The molecule has 0 aromatic heterocycles. The Morgan fingerprint density at radius 2 is 1.61 bits per heavy atom. The van der Waals surface area contributed by atoms with Gasteiger partial charge in [-0.1, -0.05) is 0 Å². The minimum Gasteiger partial charge on any atom is -0.481 e. The van der Waals surface area contributed by atoms with Crippen LogP contribution in [0.15, 0.2) is 48.5 Å². The van der Waals surface area contributed by atoms with Gasteiger partial charge in [0.1, 0.15) is 17.4 Å². The van der Waals surface area contributed by atoms with Crippen LogP contribution in [0.5, 0.6) is 5.75 Å². The molecule has 1 aliphatic heterocycles. The van der Waals surface area contributed by atoms with Crippen LogP contribution in [0.4, 0.5) is 8.78 Å². The number of hydrogen-bond donors (Lipinski definition) is 2. The number of benzene rings is 2. The minimum atomic E-state index is -0.923. The Hall–Kier alpha value is -3.49. The molecule has 164 valence electrons. The SMILES string of the molecule is CC(Oc1ccc(F)cc1)C(=O)NNC(=O)C1CCCN(C(=O)c2ccc(F)cc2)C1. The van der Waals surface area contributed by atoms with Gasteiger partial charge in [-0.2, -0.15) is 0 Å². The second kappa shape index (κ2) is 10.0. The van der Waals surface area contributed by atoms with Crippen molar-refractivity contribution < 1.29 is 27.9 Å². The van der Waals surface area contributed by atoms with Gasteiger partial charge in [0.2, 0.25) is 5.91 Å². The summed E-state index contributed by atoms with van der Waals surface area (Å²) in [5.41, 5.74) is 5.03. The van der Waals surface area contributed by atoms with Gasteiger partial charge in [0.25, 0.3) is 11.8 Å². The van der Waals surface area contributed by atoms with E-state index in [0.717, 1.165) is 0 Å². The number of ether oxygens (including phenoxy) is 1. The molecule has 0 radical (unpaired) electrons. The second-order valence-corrected chi connectivity index (χ2v) is 7.29. The molecule has 2 atom stereocenters. The summed E-state index contributed by atoms with van der Waals surface area (Å²) in [5, 5.41) is 0. The highest BCUT2D eigenvalue weighted by Gasteiger charge is 2.29. The Kier molecular flexibility index (Phi) is 7.17. The number of piperidine rings is 1. The number of amides is 3. The number of nitrogens with zero attached hydrogens (tertiary/aromatic N) is 1. The molecule has 0 spiro atoms. The highest BCUT2D eigenvalue weighted by molar-refractivity contribution is 5.94. The molecule has 3 amide bonds. The smallest absolute Gasteiger partial charge is 0.279 e. The Balaban J connectivity index is 1.49. The van der Waals surface area contributed by atoms with Crippen molar-refractivity contribution in [3.05, 3.63) is 65.7 Å². The molecular formula is C22H23F2N3O4. The Morgan fingerprint density at radius 1 is 1.00 bits per heavy atom. The Morgan fingerprint density at radius 3 is 2.26 bits per heavy atom. The van der Waals surface area contributed by atoms with E-state index in [1.54, 1.807) is 4.90 Å². The predicted molar refractivity (Wildman–Crippen MR) is 108 cm³/mol. The minimum absolute atomic E-state index is 0.194. The molecule has 1 saturated heterocycles. The summed E-state index contributed by atoms with van der Waals surface area (Å²) >= 11 is 0. The van der Waals surface area contributed by atoms with Crippen LogP contribution in [0, 0.1) is 17.6 Å². The molecule has 1 aliphatic rings. The molecule has 0 bridgehead atoms. The molecule has 3 rings (SSSR count). The van der Waals surface area contributed by atoms with Crippen LogP contribution in [0.2, 0.25) is 0 Å². The van der Waals surface area contributed by atoms with Crippen molar-refractivity contribution in [1.82, 2.24) is 15.8 Å². The summed E-state index contributed by atoms with van der Waals surface area (Å²) in [5.74, 6) is -2.30. The van der Waals surface area contributed by atoms with Crippen LogP contribution in [0.1, 0.15) is 30.1 Å². The lowest BCUT2D eigenvalue weighted by molar-refractivity contribution is -0.135. The number of nitrogens with one attached hydrogen (secondary N) is 2. The standard InChI is InChI=1S/C22H23F2N3O4/c1-14(31-19-10-8-18(24)9-11-19)20(28)25-26-21(29)16-3-2-12-27(13-16)22(30)15-4-6-17(23)7-5-15/h4-11,14,16H,2-3,12-13H2,1H3,(H,25,28)(H,26,29). The maximum atomic E-state index is 13.1. The van der Waals surface area contributed by atoms with Gasteiger partial charge < -0.3 is 9.64 Å². The Bertz CT molecular complexity index is 935. The van der Waals surface area contributed by atoms with E-state index >= 15 is 0 Å². The zero-order valence-electron chi connectivity index (χ0n) is 16.9. The van der Waals surface area contributed by atoms with Gasteiger partial charge in [0, 0.05) is 18.7 Å². The van der Waals surface area contributed by atoms with Crippen molar-refractivity contribution in [3.8, 4) is 5.75 Å². The monoisotopic (exact) mass is 431 g/mol. The molecular weight excluding hydrogens is 408 g/mol. The summed E-state index contributed by atoms with van der Waals surface area (Å²) in [7, 11) is 0. The number of likely N-dealkylation sites (tertiary alicyclic amines) is 1. The molecule has 7 nitrogen and oxygen atoms in total. The highest BCUT2D eigenvalue weighted by atomic mass is 19.1. The molecule has 2 aromatic carbocycles. The van der Waals surface area contributed by atoms with Crippen LogP contribution in [-0.4, -0.2) is 41.8 Å². The van der Waals surface area contributed by atoms with Crippen LogP contribution in [0.25, 0.3) is 0 Å².